The van der Waals surface area contributed by atoms with Gasteiger partial charge in [-0.25, -0.2) is 0 Å². The lowest BCUT2D eigenvalue weighted by Crippen LogP contribution is -2.25. The van der Waals surface area contributed by atoms with E-state index in [0.29, 0.717) is 11.3 Å². The van der Waals surface area contributed by atoms with E-state index in [4.69, 9.17) is 5.26 Å². The summed E-state index contributed by atoms with van der Waals surface area (Å²) in [5.41, 5.74) is -0.0805. The van der Waals surface area contributed by atoms with Gasteiger partial charge in [0, 0.05) is 5.56 Å². The highest BCUT2D eigenvalue weighted by molar-refractivity contribution is 5.94. The summed E-state index contributed by atoms with van der Waals surface area (Å²) in [6.45, 7) is 1.50. The van der Waals surface area contributed by atoms with Gasteiger partial charge in [0.05, 0.1) is 16.8 Å². The van der Waals surface area contributed by atoms with Crippen LogP contribution in [0.25, 0.3) is 11.4 Å². The van der Waals surface area contributed by atoms with Crippen LogP contribution in [0.15, 0.2) is 48.5 Å². The quantitative estimate of drug-likeness (QED) is 0.741. The van der Waals surface area contributed by atoms with Crippen molar-refractivity contribution in [3.8, 4) is 17.5 Å². The molecule has 1 N–H and O–H groups in total. The number of tetrazole rings is 1. The topological polar surface area (TPSA) is 96.5 Å². The number of carbonyl (C=O) groups is 1. The van der Waals surface area contributed by atoms with Crippen LogP contribution >= 0.6 is 0 Å². The molecular weight excluding hydrogens is 373 g/mol. The Hall–Kier alpha value is -3.74. The first-order valence-corrected chi connectivity index (χ1v) is 8.06. The Bertz CT molecular complexity index is 1050. The van der Waals surface area contributed by atoms with Crippen molar-refractivity contribution in [2.24, 2.45) is 0 Å². The maximum absolute atomic E-state index is 12.9. The molecule has 1 amide bonds. The average Bonchev–Trinajstić information content (AvgIpc) is 3.17. The number of para-hydroxylation sites is 1. The summed E-state index contributed by atoms with van der Waals surface area (Å²) in [7, 11) is 0. The molecule has 0 aliphatic heterocycles. The number of aromatic nitrogens is 4. The van der Waals surface area contributed by atoms with Gasteiger partial charge in [-0.3, -0.25) is 4.79 Å². The minimum absolute atomic E-state index is 0.0387. The molecule has 0 spiro atoms. The molecule has 0 saturated carbocycles. The first-order chi connectivity index (χ1) is 13.3. The van der Waals surface area contributed by atoms with Gasteiger partial charge in [-0.2, -0.15) is 23.2 Å². The van der Waals surface area contributed by atoms with E-state index in [1.54, 1.807) is 24.3 Å². The highest BCUT2D eigenvalue weighted by atomic mass is 19.4. The number of nitrogens with zero attached hydrogens (tertiary/aromatic N) is 5. The van der Waals surface area contributed by atoms with Crippen LogP contribution in [0.2, 0.25) is 0 Å². The van der Waals surface area contributed by atoms with Crippen molar-refractivity contribution in [2.45, 2.75) is 19.1 Å². The predicted octanol–water partition coefficient (Wildman–Crippen LogP) is 3.43. The van der Waals surface area contributed by atoms with Gasteiger partial charge in [0.15, 0.2) is 0 Å². The summed E-state index contributed by atoms with van der Waals surface area (Å²) in [5, 5.41) is 23.2. The van der Waals surface area contributed by atoms with Crippen LogP contribution < -0.4 is 5.32 Å². The minimum atomic E-state index is -4.49. The van der Waals surface area contributed by atoms with E-state index in [1.165, 1.54) is 19.1 Å². The second kappa shape index (κ2) is 7.48. The molecule has 1 atom stereocenters. The van der Waals surface area contributed by atoms with E-state index in [1.807, 2.05) is 6.07 Å². The third-order valence-electron chi connectivity index (χ3n) is 3.91. The van der Waals surface area contributed by atoms with Crippen molar-refractivity contribution >= 4 is 11.6 Å². The molecule has 3 aromatic rings. The number of carbonyl (C=O) groups excluding carboxylic acids is 1. The minimum Gasteiger partial charge on any atom is -0.323 e. The Morgan fingerprint density at radius 3 is 2.68 bits per heavy atom. The number of nitrogens with one attached hydrogen (secondary N) is 1. The lowest BCUT2D eigenvalue weighted by molar-refractivity contribution is -0.137. The molecule has 28 heavy (non-hydrogen) atoms. The van der Waals surface area contributed by atoms with E-state index in [0.717, 1.165) is 16.9 Å². The highest BCUT2D eigenvalue weighted by Gasteiger charge is 2.31. The van der Waals surface area contributed by atoms with Crippen molar-refractivity contribution in [3.63, 3.8) is 0 Å². The average molecular weight is 386 g/mol. The van der Waals surface area contributed by atoms with Crippen molar-refractivity contribution in [1.29, 1.82) is 5.26 Å². The van der Waals surface area contributed by atoms with Crippen LogP contribution in [0, 0.1) is 11.3 Å². The van der Waals surface area contributed by atoms with Crippen molar-refractivity contribution in [2.75, 3.05) is 5.32 Å². The van der Waals surface area contributed by atoms with Gasteiger partial charge in [0.25, 0.3) is 5.91 Å². The molecule has 10 heteroatoms. The second-order valence-corrected chi connectivity index (χ2v) is 5.83. The first kappa shape index (κ1) is 19.0. The molecule has 1 unspecified atom stereocenters. The van der Waals surface area contributed by atoms with Gasteiger partial charge >= 0.3 is 6.18 Å². The smallest absolute Gasteiger partial charge is 0.323 e. The molecule has 0 saturated heterocycles. The number of hydrogen-bond acceptors (Lipinski definition) is 5. The van der Waals surface area contributed by atoms with Crippen molar-refractivity contribution in [3.05, 3.63) is 59.7 Å². The van der Waals surface area contributed by atoms with Gasteiger partial charge in [0.1, 0.15) is 12.1 Å². The lowest BCUT2D eigenvalue weighted by Gasteiger charge is -2.11. The number of nitriles is 1. The Morgan fingerprint density at radius 1 is 1.21 bits per heavy atom. The van der Waals surface area contributed by atoms with E-state index >= 15 is 0 Å². The fraction of sp³-hybridized carbons (Fsp3) is 0.167. The summed E-state index contributed by atoms with van der Waals surface area (Å²) < 4.78 is 38.6. The first-order valence-electron chi connectivity index (χ1n) is 8.06. The molecule has 1 heterocycles. The van der Waals surface area contributed by atoms with Crippen LogP contribution in [0.4, 0.5) is 18.9 Å². The fourth-order valence-electron chi connectivity index (χ4n) is 2.37. The third-order valence-corrected chi connectivity index (χ3v) is 3.91. The maximum atomic E-state index is 12.9. The monoisotopic (exact) mass is 386 g/mol. The lowest BCUT2D eigenvalue weighted by atomic mass is 10.1. The van der Waals surface area contributed by atoms with E-state index in [-0.39, 0.29) is 11.4 Å². The zero-order chi connectivity index (χ0) is 20.3. The number of halogens is 3. The summed E-state index contributed by atoms with van der Waals surface area (Å²) in [4.78, 5) is 13.4. The zero-order valence-corrected chi connectivity index (χ0v) is 14.5. The van der Waals surface area contributed by atoms with Gasteiger partial charge in [-0.05, 0) is 36.4 Å². The van der Waals surface area contributed by atoms with Crippen LogP contribution in [0.3, 0.4) is 0 Å². The normalized spacial score (nSPS) is 12.2. The molecule has 7 nitrogen and oxygen atoms in total. The molecular formula is C18H13F3N6O. The van der Waals surface area contributed by atoms with Gasteiger partial charge in [0.2, 0.25) is 5.82 Å². The van der Waals surface area contributed by atoms with Gasteiger partial charge < -0.3 is 5.32 Å². The number of amides is 1. The van der Waals surface area contributed by atoms with Gasteiger partial charge in [-0.15, -0.1) is 10.2 Å². The summed E-state index contributed by atoms with van der Waals surface area (Å²) >= 11 is 0. The van der Waals surface area contributed by atoms with E-state index in [2.05, 4.69) is 20.7 Å². The van der Waals surface area contributed by atoms with Crippen LogP contribution in [-0.4, -0.2) is 26.1 Å². The summed E-state index contributed by atoms with van der Waals surface area (Å²) in [6, 6.07) is 12.0. The Morgan fingerprint density at radius 2 is 1.96 bits per heavy atom. The van der Waals surface area contributed by atoms with Crippen LogP contribution in [-0.2, 0) is 11.0 Å². The molecule has 0 radical (unpaired) electrons. The number of hydrogen-bond donors (Lipinski definition) is 1. The van der Waals surface area contributed by atoms with Crippen molar-refractivity contribution < 1.29 is 18.0 Å². The Kier molecular flexibility index (Phi) is 5.08. The number of alkyl halides is 3. The summed E-state index contributed by atoms with van der Waals surface area (Å²) in [5.74, 6) is -0.543. The maximum Gasteiger partial charge on any atom is 0.416 e. The third kappa shape index (κ3) is 3.98. The predicted molar refractivity (Wildman–Crippen MR) is 92.8 cm³/mol. The molecule has 1 aromatic heterocycles. The summed E-state index contributed by atoms with van der Waals surface area (Å²) in [6.07, 6.45) is -4.49. The van der Waals surface area contributed by atoms with Crippen LogP contribution in [0.1, 0.15) is 24.1 Å². The standard InChI is InChI=1S/C18H13F3N6O/c1-11(17(28)23-15-8-3-2-5-13(15)10-22)27-25-16(24-26-27)12-6-4-7-14(9-12)18(19,20)21/h2-9,11H,1H3,(H,23,28). The molecule has 142 valence electrons. The molecule has 0 aliphatic carbocycles. The largest absolute Gasteiger partial charge is 0.416 e. The fourth-order valence-corrected chi connectivity index (χ4v) is 2.37. The Balaban J connectivity index is 1.80. The molecule has 2 aromatic carbocycles. The Labute approximate surface area is 157 Å². The van der Waals surface area contributed by atoms with Gasteiger partial charge in [-0.1, -0.05) is 24.3 Å². The number of benzene rings is 2. The zero-order valence-electron chi connectivity index (χ0n) is 14.5. The SMILES string of the molecule is CC(C(=O)Nc1ccccc1C#N)n1nnc(-c2cccc(C(F)(F)F)c2)n1. The van der Waals surface area contributed by atoms with Crippen LogP contribution in [0.5, 0.6) is 0 Å². The molecule has 0 aliphatic rings. The molecule has 0 fully saturated rings. The van der Waals surface area contributed by atoms with Crippen molar-refractivity contribution in [1.82, 2.24) is 20.2 Å². The molecule has 0 bridgehead atoms. The molecule has 3 rings (SSSR count). The highest BCUT2D eigenvalue weighted by Crippen LogP contribution is 2.31. The second-order valence-electron chi connectivity index (χ2n) is 5.83. The van der Waals surface area contributed by atoms with E-state index < -0.39 is 23.7 Å². The van der Waals surface area contributed by atoms with E-state index in [9.17, 15) is 18.0 Å². The number of rotatable bonds is 4. The number of anilines is 1.